The number of amides is 1. The van der Waals surface area contributed by atoms with Crippen LogP contribution >= 0.6 is 0 Å². The summed E-state index contributed by atoms with van der Waals surface area (Å²) >= 11 is 0. The highest BCUT2D eigenvalue weighted by Crippen LogP contribution is 2.28. The predicted molar refractivity (Wildman–Crippen MR) is 126 cm³/mol. The molecule has 0 saturated heterocycles. The molecule has 1 amide bonds. The quantitative estimate of drug-likeness (QED) is 0.449. The van der Waals surface area contributed by atoms with Crippen molar-refractivity contribution in [3.8, 4) is 5.75 Å². The molecule has 6 nitrogen and oxygen atoms in total. The fraction of sp³-hybridized carbons (Fsp3) is 0.160. The molecule has 4 rings (SSSR count). The summed E-state index contributed by atoms with van der Waals surface area (Å²) in [6.45, 7) is 1.92. The number of nitrogens with one attached hydrogen (secondary N) is 1. The molecule has 0 unspecified atom stereocenters. The Labute approximate surface area is 187 Å². The number of hydrogen-bond donors (Lipinski definition) is 1. The summed E-state index contributed by atoms with van der Waals surface area (Å²) < 4.78 is 33.4. The van der Waals surface area contributed by atoms with Crippen molar-refractivity contribution in [1.29, 1.82) is 0 Å². The molecule has 1 aromatic heterocycles. The third-order valence-corrected chi connectivity index (χ3v) is 6.90. The Balaban J connectivity index is 1.63. The average molecular weight is 449 g/mol. The van der Waals surface area contributed by atoms with E-state index in [9.17, 15) is 13.2 Å². The van der Waals surface area contributed by atoms with Gasteiger partial charge in [0.1, 0.15) is 12.3 Å². The number of methoxy groups -OCH3 is 1. The number of fused-ring (bicyclic) bond motifs is 1. The van der Waals surface area contributed by atoms with E-state index in [1.165, 1.54) is 0 Å². The molecule has 0 spiro atoms. The van der Waals surface area contributed by atoms with Gasteiger partial charge in [-0.25, -0.2) is 8.42 Å². The van der Waals surface area contributed by atoms with Gasteiger partial charge in [-0.1, -0.05) is 54.1 Å². The maximum Gasteiger partial charge on any atom is 0.244 e. The standard InChI is InChI=1S/C25H24N2O4S/c1-18-7-5-8-19(13-18)17-32(29,30)24-15-27(23-12-4-3-11-22(23)24)16-25(28)26-20-9-6-10-21(14-20)31-2/h3-15H,16-17H2,1-2H3,(H,26,28). The zero-order valence-corrected chi connectivity index (χ0v) is 18.7. The molecular weight excluding hydrogens is 424 g/mol. The van der Waals surface area contributed by atoms with Crippen LogP contribution in [0.2, 0.25) is 0 Å². The smallest absolute Gasteiger partial charge is 0.244 e. The van der Waals surface area contributed by atoms with Crippen LogP contribution in [0.25, 0.3) is 10.9 Å². The van der Waals surface area contributed by atoms with Crippen molar-refractivity contribution in [1.82, 2.24) is 4.57 Å². The van der Waals surface area contributed by atoms with Gasteiger partial charge in [-0.15, -0.1) is 0 Å². The van der Waals surface area contributed by atoms with E-state index in [1.54, 1.807) is 54.3 Å². The lowest BCUT2D eigenvalue weighted by molar-refractivity contribution is -0.116. The second-order valence-corrected chi connectivity index (χ2v) is 9.62. The summed E-state index contributed by atoms with van der Waals surface area (Å²) in [5.41, 5.74) is 3.04. The van der Waals surface area contributed by atoms with Crippen LogP contribution in [-0.4, -0.2) is 26.0 Å². The lowest BCUT2D eigenvalue weighted by Gasteiger charge is -2.08. The Morgan fingerprint density at radius 1 is 1.00 bits per heavy atom. The van der Waals surface area contributed by atoms with Crippen LogP contribution in [0.15, 0.2) is 83.9 Å². The molecule has 0 aliphatic carbocycles. The van der Waals surface area contributed by atoms with Crippen LogP contribution in [-0.2, 0) is 26.9 Å². The van der Waals surface area contributed by atoms with E-state index in [4.69, 9.17) is 4.74 Å². The summed E-state index contributed by atoms with van der Waals surface area (Å²) in [4.78, 5) is 12.9. The van der Waals surface area contributed by atoms with Crippen molar-refractivity contribution in [2.45, 2.75) is 24.1 Å². The van der Waals surface area contributed by atoms with Gasteiger partial charge in [-0.3, -0.25) is 4.79 Å². The zero-order chi connectivity index (χ0) is 22.7. The van der Waals surface area contributed by atoms with Crippen molar-refractivity contribution < 1.29 is 17.9 Å². The first-order valence-corrected chi connectivity index (χ1v) is 11.8. The fourth-order valence-corrected chi connectivity index (χ4v) is 5.32. The molecular formula is C25H24N2O4S. The van der Waals surface area contributed by atoms with E-state index >= 15 is 0 Å². The van der Waals surface area contributed by atoms with Gasteiger partial charge < -0.3 is 14.6 Å². The molecule has 164 valence electrons. The average Bonchev–Trinajstić information content (AvgIpc) is 3.13. The highest BCUT2D eigenvalue weighted by molar-refractivity contribution is 7.90. The topological polar surface area (TPSA) is 77.4 Å². The normalized spacial score (nSPS) is 11.4. The summed E-state index contributed by atoms with van der Waals surface area (Å²) in [5.74, 6) is 0.277. The number of carbonyl (C=O) groups excluding carboxylic acids is 1. The van der Waals surface area contributed by atoms with E-state index in [0.29, 0.717) is 22.3 Å². The SMILES string of the molecule is COc1cccc(NC(=O)Cn2cc(S(=O)(=O)Cc3cccc(C)c3)c3ccccc32)c1. The lowest BCUT2D eigenvalue weighted by atomic mass is 10.2. The number of para-hydroxylation sites is 1. The van der Waals surface area contributed by atoms with Gasteiger partial charge in [0, 0.05) is 28.9 Å². The summed E-state index contributed by atoms with van der Waals surface area (Å²) in [5, 5.41) is 3.44. The van der Waals surface area contributed by atoms with Crippen molar-refractivity contribution >= 4 is 32.3 Å². The highest BCUT2D eigenvalue weighted by Gasteiger charge is 2.22. The molecule has 7 heteroatoms. The number of anilines is 1. The molecule has 0 fully saturated rings. The van der Waals surface area contributed by atoms with Crippen LogP contribution < -0.4 is 10.1 Å². The molecule has 0 aliphatic rings. The molecule has 1 N–H and O–H groups in total. The molecule has 32 heavy (non-hydrogen) atoms. The number of benzene rings is 3. The third-order valence-electron chi connectivity index (χ3n) is 5.19. The molecule has 4 aromatic rings. The van der Waals surface area contributed by atoms with Gasteiger partial charge in [0.2, 0.25) is 5.91 Å². The number of sulfone groups is 1. The first-order chi connectivity index (χ1) is 15.4. The monoisotopic (exact) mass is 448 g/mol. The number of hydrogen-bond acceptors (Lipinski definition) is 4. The van der Waals surface area contributed by atoms with Crippen molar-refractivity contribution in [3.63, 3.8) is 0 Å². The molecule has 0 bridgehead atoms. The number of aromatic nitrogens is 1. The van der Waals surface area contributed by atoms with E-state index < -0.39 is 9.84 Å². The molecule has 0 saturated carbocycles. The summed E-state index contributed by atoms with van der Waals surface area (Å²) in [6, 6.07) is 21.8. The molecule has 1 heterocycles. The maximum atomic E-state index is 13.3. The maximum absolute atomic E-state index is 13.3. The van der Waals surface area contributed by atoms with Gasteiger partial charge in [-0.05, 0) is 30.7 Å². The number of ether oxygens (including phenoxy) is 1. The lowest BCUT2D eigenvalue weighted by Crippen LogP contribution is -2.18. The van der Waals surface area contributed by atoms with Gasteiger partial charge in [0.15, 0.2) is 9.84 Å². The van der Waals surface area contributed by atoms with Gasteiger partial charge in [0.05, 0.1) is 17.8 Å². The summed E-state index contributed by atoms with van der Waals surface area (Å²) in [7, 11) is -2.05. The van der Waals surface area contributed by atoms with E-state index in [0.717, 1.165) is 11.1 Å². The van der Waals surface area contributed by atoms with E-state index in [-0.39, 0.29) is 23.1 Å². The zero-order valence-electron chi connectivity index (χ0n) is 17.9. The second-order valence-electron chi connectivity index (χ2n) is 7.67. The van der Waals surface area contributed by atoms with Crippen LogP contribution in [0.4, 0.5) is 5.69 Å². The molecule has 0 atom stereocenters. The van der Waals surface area contributed by atoms with Gasteiger partial charge >= 0.3 is 0 Å². The first-order valence-electron chi connectivity index (χ1n) is 10.2. The molecule has 3 aromatic carbocycles. The largest absolute Gasteiger partial charge is 0.497 e. The number of carbonyl (C=O) groups is 1. The third kappa shape index (κ3) is 4.68. The number of nitrogens with zero attached hydrogens (tertiary/aromatic N) is 1. The Morgan fingerprint density at radius 2 is 1.78 bits per heavy atom. The minimum atomic E-state index is -3.61. The fourth-order valence-electron chi connectivity index (χ4n) is 3.75. The van der Waals surface area contributed by atoms with E-state index in [1.807, 2.05) is 43.3 Å². The van der Waals surface area contributed by atoms with Gasteiger partial charge in [0.25, 0.3) is 0 Å². The van der Waals surface area contributed by atoms with E-state index in [2.05, 4.69) is 5.32 Å². The van der Waals surface area contributed by atoms with Crippen LogP contribution in [0.1, 0.15) is 11.1 Å². The highest BCUT2D eigenvalue weighted by atomic mass is 32.2. The van der Waals surface area contributed by atoms with Crippen molar-refractivity contribution in [2.24, 2.45) is 0 Å². The van der Waals surface area contributed by atoms with Crippen LogP contribution in [0, 0.1) is 6.92 Å². The minimum Gasteiger partial charge on any atom is -0.497 e. The predicted octanol–water partition coefficient (Wildman–Crippen LogP) is 4.57. The first kappa shape index (κ1) is 21.6. The molecule has 0 radical (unpaired) electrons. The Kier molecular flexibility index (Phi) is 6.01. The van der Waals surface area contributed by atoms with Crippen LogP contribution in [0.5, 0.6) is 5.75 Å². The minimum absolute atomic E-state index is 0.0162. The Morgan fingerprint density at radius 3 is 2.56 bits per heavy atom. The summed E-state index contributed by atoms with van der Waals surface area (Å²) in [6.07, 6.45) is 1.56. The van der Waals surface area contributed by atoms with Gasteiger partial charge in [-0.2, -0.15) is 0 Å². The second kappa shape index (κ2) is 8.88. The number of aryl methyl sites for hydroxylation is 1. The van der Waals surface area contributed by atoms with Crippen LogP contribution in [0.3, 0.4) is 0 Å². The van der Waals surface area contributed by atoms with Crippen molar-refractivity contribution in [2.75, 3.05) is 12.4 Å². The Bertz CT molecular complexity index is 1390. The van der Waals surface area contributed by atoms with Crippen molar-refractivity contribution in [3.05, 3.63) is 90.1 Å². The number of rotatable bonds is 7. The Hall–Kier alpha value is -3.58. The molecule has 0 aliphatic heterocycles.